The lowest BCUT2D eigenvalue weighted by molar-refractivity contribution is -0.134. The number of rotatable bonds is 10. The second kappa shape index (κ2) is 9.31. The predicted octanol–water partition coefficient (Wildman–Crippen LogP) is 0.571. The van der Waals surface area contributed by atoms with E-state index in [9.17, 15) is 13.2 Å². The van der Waals surface area contributed by atoms with Crippen LogP contribution in [0.15, 0.2) is 0 Å². The van der Waals surface area contributed by atoms with Crippen LogP contribution in [0, 0.1) is 5.92 Å². The van der Waals surface area contributed by atoms with E-state index in [1.165, 1.54) is 4.90 Å². The minimum atomic E-state index is -3.44. The molecule has 0 rings (SSSR count). The molecule has 2 N–H and O–H groups in total. The average Bonchev–Trinajstić information content (AvgIpc) is 2.30. The van der Waals surface area contributed by atoms with Gasteiger partial charge in [-0.3, -0.25) is 4.79 Å². The lowest BCUT2D eigenvalue weighted by Gasteiger charge is -2.27. The van der Waals surface area contributed by atoms with Gasteiger partial charge in [0, 0.05) is 13.1 Å². The molecule has 0 heterocycles. The van der Waals surface area contributed by atoms with E-state index in [-0.39, 0.29) is 25.0 Å². The zero-order chi connectivity index (χ0) is 15.8. The van der Waals surface area contributed by atoms with Gasteiger partial charge in [0.1, 0.15) is 6.04 Å². The van der Waals surface area contributed by atoms with Crippen molar-refractivity contribution in [2.45, 2.75) is 46.1 Å². The van der Waals surface area contributed by atoms with E-state index in [0.717, 1.165) is 19.1 Å². The van der Waals surface area contributed by atoms with Crippen molar-refractivity contribution < 1.29 is 18.3 Å². The second-order valence-corrected chi connectivity index (χ2v) is 7.25. The fourth-order valence-corrected chi connectivity index (χ4v) is 2.67. The Kier molecular flexibility index (Phi) is 9.00. The Morgan fingerprint density at radius 2 is 1.90 bits per heavy atom. The summed E-state index contributed by atoms with van der Waals surface area (Å²) in [6.45, 7) is 6.54. The molecule has 0 fully saturated rings. The van der Waals surface area contributed by atoms with E-state index in [4.69, 9.17) is 5.11 Å². The maximum atomic E-state index is 12.4. The fraction of sp³-hybridized carbons (Fsp3) is 0.923. The molecule has 0 aromatic carbocycles. The van der Waals surface area contributed by atoms with Gasteiger partial charge in [0.2, 0.25) is 15.9 Å². The molecular formula is C13H28N2O4S. The van der Waals surface area contributed by atoms with Gasteiger partial charge in [-0.1, -0.05) is 27.2 Å². The molecule has 0 radical (unpaired) electrons. The third-order valence-corrected chi connectivity index (χ3v) is 3.54. The fourth-order valence-electron chi connectivity index (χ4n) is 1.95. The topological polar surface area (TPSA) is 86.7 Å². The van der Waals surface area contributed by atoms with Crippen LogP contribution in [0.1, 0.15) is 40.0 Å². The molecule has 1 amide bonds. The van der Waals surface area contributed by atoms with Crippen LogP contribution in [-0.2, 0) is 14.8 Å². The van der Waals surface area contributed by atoms with Crippen LogP contribution < -0.4 is 4.72 Å². The number of aliphatic hydroxyl groups excluding tert-OH is 1. The molecule has 0 saturated carbocycles. The molecule has 0 aliphatic heterocycles. The van der Waals surface area contributed by atoms with Crippen LogP contribution in [0.4, 0.5) is 0 Å². The molecule has 0 bridgehead atoms. The van der Waals surface area contributed by atoms with Crippen LogP contribution >= 0.6 is 0 Å². The predicted molar refractivity (Wildman–Crippen MR) is 79.8 cm³/mol. The number of nitrogens with one attached hydrogen (secondary N) is 1. The Morgan fingerprint density at radius 3 is 2.30 bits per heavy atom. The molecule has 6 nitrogen and oxygen atoms in total. The molecule has 0 aliphatic carbocycles. The molecule has 0 aromatic heterocycles. The maximum Gasteiger partial charge on any atom is 0.240 e. The first-order chi connectivity index (χ1) is 9.21. The number of unbranched alkanes of at least 4 members (excludes halogenated alkanes) is 1. The molecule has 0 spiro atoms. The first-order valence-corrected chi connectivity index (χ1v) is 8.97. The van der Waals surface area contributed by atoms with Gasteiger partial charge >= 0.3 is 0 Å². The minimum Gasteiger partial charge on any atom is -0.395 e. The van der Waals surface area contributed by atoms with E-state index in [1.807, 2.05) is 20.8 Å². The van der Waals surface area contributed by atoms with Gasteiger partial charge in [0.15, 0.2) is 0 Å². The van der Waals surface area contributed by atoms with Crippen LogP contribution in [0.5, 0.6) is 0 Å². The summed E-state index contributed by atoms with van der Waals surface area (Å²) in [4.78, 5) is 14.0. The van der Waals surface area contributed by atoms with Crippen molar-refractivity contribution in [3.05, 3.63) is 0 Å². The molecule has 20 heavy (non-hydrogen) atoms. The summed E-state index contributed by atoms with van der Waals surface area (Å²) >= 11 is 0. The molecular weight excluding hydrogens is 280 g/mol. The lowest BCUT2D eigenvalue weighted by atomic mass is 10.0. The summed E-state index contributed by atoms with van der Waals surface area (Å²) in [5.41, 5.74) is 0. The van der Waals surface area contributed by atoms with Gasteiger partial charge in [0.25, 0.3) is 0 Å². The SMILES string of the molecule is CCCCN(CCO)C(=O)C(CC(C)C)NS(C)(=O)=O. The number of hydrogen-bond donors (Lipinski definition) is 2. The molecule has 1 unspecified atom stereocenters. The summed E-state index contributed by atoms with van der Waals surface area (Å²) in [6, 6.07) is -0.756. The standard InChI is InChI=1S/C13H28N2O4S/c1-5-6-7-15(8-9-16)13(17)12(10-11(2)3)14-20(4,18)19/h11-12,14,16H,5-10H2,1-4H3. The van der Waals surface area contributed by atoms with E-state index in [0.29, 0.717) is 13.0 Å². The normalized spacial score (nSPS) is 13.5. The summed E-state index contributed by atoms with van der Waals surface area (Å²) in [6.07, 6.45) is 3.26. The molecule has 1 atom stereocenters. The van der Waals surface area contributed by atoms with Crippen molar-refractivity contribution in [2.75, 3.05) is 26.0 Å². The van der Waals surface area contributed by atoms with Crippen LogP contribution in [0.2, 0.25) is 0 Å². The largest absolute Gasteiger partial charge is 0.395 e. The first kappa shape index (κ1) is 19.3. The van der Waals surface area contributed by atoms with Gasteiger partial charge in [-0.05, 0) is 18.8 Å². The van der Waals surface area contributed by atoms with E-state index in [1.54, 1.807) is 0 Å². The van der Waals surface area contributed by atoms with Crippen LogP contribution in [0.25, 0.3) is 0 Å². The summed E-state index contributed by atoms with van der Waals surface area (Å²) in [7, 11) is -3.44. The molecule has 120 valence electrons. The highest BCUT2D eigenvalue weighted by atomic mass is 32.2. The molecule has 7 heteroatoms. The second-order valence-electron chi connectivity index (χ2n) is 5.47. The Morgan fingerprint density at radius 1 is 1.30 bits per heavy atom. The summed E-state index contributed by atoms with van der Waals surface area (Å²) in [5.74, 6) is -0.0630. The van der Waals surface area contributed by atoms with Crippen molar-refractivity contribution in [1.29, 1.82) is 0 Å². The quantitative estimate of drug-likeness (QED) is 0.618. The van der Waals surface area contributed by atoms with Gasteiger partial charge in [0.05, 0.1) is 12.9 Å². The number of aliphatic hydroxyl groups is 1. The Hall–Kier alpha value is -0.660. The lowest BCUT2D eigenvalue weighted by Crippen LogP contribution is -2.49. The van der Waals surface area contributed by atoms with Gasteiger partial charge in [-0.15, -0.1) is 0 Å². The maximum absolute atomic E-state index is 12.4. The number of nitrogens with zero attached hydrogens (tertiary/aromatic N) is 1. The number of amides is 1. The molecule has 0 aromatic rings. The Labute approximate surface area is 122 Å². The van der Waals surface area contributed by atoms with Crippen molar-refractivity contribution in [3.63, 3.8) is 0 Å². The van der Waals surface area contributed by atoms with E-state index >= 15 is 0 Å². The first-order valence-electron chi connectivity index (χ1n) is 7.08. The highest BCUT2D eigenvalue weighted by molar-refractivity contribution is 7.88. The smallest absolute Gasteiger partial charge is 0.240 e. The highest BCUT2D eigenvalue weighted by Crippen LogP contribution is 2.10. The number of sulfonamides is 1. The van der Waals surface area contributed by atoms with E-state index in [2.05, 4.69) is 4.72 Å². The third kappa shape index (κ3) is 8.50. The van der Waals surface area contributed by atoms with Gasteiger partial charge in [-0.25, -0.2) is 13.1 Å². The average molecular weight is 308 g/mol. The highest BCUT2D eigenvalue weighted by Gasteiger charge is 2.27. The zero-order valence-electron chi connectivity index (χ0n) is 12.9. The van der Waals surface area contributed by atoms with Gasteiger partial charge < -0.3 is 10.0 Å². The molecule has 0 aliphatic rings. The number of hydrogen-bond acceptors (Lipinski definition) is 4. The van der Waals surface area contributed by atoms with Crippen molar-refractivity contribution >= 4 is 15.9 Å². The van der Waals surface area contributed by atoms with Crippen molar-refractivity contribution in [1.82, 2.24) is 9.62 Å². The van der Waals surface area contributed by atoms with Crippen LogP contribution in [0.3, 0.4) is 0 Å². The number of carbonyl (C=O) groups excluding carboxylic acids is 1. The van der Waals surface area contributed by atoms with Crippen molar-refractivity contribution in [2.24, 2.45) is 5.92 Å². The zero-order valence-corrected chi connectivity index (χ0v) is 13.7. The van der Waals surface area contributed by atoms with E-state index < -0.39 is 16.1 Å². The van der Waals surface area contributed by atoms with Crippen LogP contribution in [-0.4, -0.2) is 56.3 Å². The van der Waals surface area contributed by atoms with Gasteiger partial charge in [-0.2, -0.15) is 0 Å². The Balaban J connectivity index is 4.94. The minimum absolute atomic E-state index is 0.122. The summed E-state index contributed by atoms with van der Waals surface area (Å²) in [5, 5.41) is 9.05. The summed E-state index contributed by atoms with van der Waals surface area (Å²) < 4.78 is 25.2. The third-order valence-electron chi connectivity index (χ3n) is 2.82. The monoisotopic (exact) mass is 308 g/mol. The number of carbonyl (C=O) groups is 1. The molecule has 0 saturated heterocycles. The van der Waals surface area contributed by atoms with Crippen molar-refractivity contribution in [3.8, 4) is 0 Å². The Bertz CT molecular complexity index is 382.